The van der Waals surface area contributed by atoms with Gasteiger partial charge in [-0.3, -0.25) is 14.2 Å². The Morgan fingerprint density at radius 3 is 2.65 bits per heavy atom. The molecule has 0 spiro atoms. The first-order valence-electron chi connectivity index (χ1n) is 9.00. The van der Waals surface area contributed by atoms with Crippen molar-refractivity contribution in [1.82, 2.24) is 14.5 Å². The minimum Gasteiger partial charge on any atom is -0.333 e. The number of amides is 1. The van der Waals surface area contributed by atoms with Gasteiger partial charge in [-0.05, 0) is 44.5 Å². The third-order valence-corrected chi connectivity index (χ3v) is 4.91. The van der Waals surface area contributed by atoms with Crippen molar-refractivity contribution in [2.75, 3.05) is 13.1 Å². The molecule has 0 bridgehead atoms. The number of hydrogen-bond acceptors (Lipinski definition) is 4. The van der Waals surface area contributed by atoms with Gasteiger partial charge in [-0.2, -0.15) is 0 Å². The van der Waals surface area contributed by atoms with Crippen molar-refractivity contribution < 1.29 is 4.79 Å². The van der Waals surface area contributed by atoms with Gasteiger partial charge < -0.3 is 10.6 Å². The molecular formula is C19H27ClN4O2. The molecule has 1 aromatic heterocycles. The van der Waals surface area contributed by atoms with Crippen LogP contribution in [0.3, 0.4) is 0 Å². The average molecular weight is 379 g/mol. The second kappa shape index (κ2) is 9.14. The van der Waals surface area contributed by atoms with E-state index in [1.165, 1.54) is 4.57 Å². The summed E-state index contributed by atoms with van der Waals surface area (Å²) in [6, 6.07) is 4.74. The van der Waals surface area contributed by atoms with Crippen molar-refractivity contribution >= 4 is 28.4 Å². The Bertz CT molecular complexity index is 834. The number of nitrogens with zero attached hydrogens (tertiary/aromatic N) is 3. The fraction of sp³-hybridized carbons (Fsp3) is 0.526. The van der Waals surface area contributed by atoms with E-state index in [1.807, 2.05) is 6.92 Å². The lowest BCUT2D eigenvalue weighted by molar-refractivity contribution is -0.131. The molecule has 2 N–H and O–H groups in total. The third-order valence-electron chi connectivity index (χ3n) is 4.67. The SMILES string of the molecule is CC(=O)N(CCCCCCN)[C@H](C)c1nc2cc(Cl)ccc2c(=O)n1C. The highest BCUT2D eigenvalue weighted by Gasteiger charge is 2.22. The molecule has 0 aliphatic carbocycles. The van der Waals surface area contributed by atoms with E-state index < -0.39 is 0 Å². The Morgan fingerprint density at radius 1 is 1.31 bits per heavy atom. The molecule has 0 aliphatic rings. The summed E-state index contributed by atoms with van der Waals surface area (Å²) in [4.78, 5) is 31.2. The smallest absolute Gasteiger partial charge is 0.261 e. The highest BCUT2D eigenvalue weighted by atomic mass is 35.5. The van der Waals surface area contributed by atoms with Crippen LogP contribution in [0.1, 0.15) is 51.4 Å². The molecule has 0 unspecified atom stereocenters. The van der Waals surface area contributed by atoms with Crippen molar-refractivity contribution in [3.05, 3.63) is 39.4 Å². The summed E-state index contributed by atoms with van der Waals surface area (Å²) in [7, 11) is 1.69. The molecule has 1 aromatic carbocycles. The lowest BCUT2D eigenvalue weighted by Gasteiger charge is -2.29. The zero-order chi connectivity index (χ0) is 19.3. The van der Waals surface area contributed by atoms with Crippen LogP contribution < -0.4 is 11.3 Å². The van der Waals surface area contributed by atoms with Crippen molar-refractivity contribution in [3.8, 4) is 0 Å². The van der Waals surface area contributed by atoms with Crippen LogP contribution in [-0.2, 0) is 11.8 Å². The van der Waals surface area contributed by atoms with Gasteiger partial charge >= 0.3 is 0 Å². The first-order valence-corrected chi connectivity index (χ1v) is 9.38. The molecule has 0 saturated carbocycles. The molecule has 2 rings (SSSR count). The summed E-state index contributed by atoms with van der Waals surface area (Å²) in [5.41, 5.74) is 5.93. The molecule has 0 fully saturated rings. The number of unbranched alkanes of at least 4 members (excludes halogenated alkanes) is 3. The predicted octanol–water partition coefficient (Wildman–Crippen LogP) is 3.02. The Morgan fingerprint density at radius 2 is 2.00 bits per heavy atom. The van der Waals surface area contributed by atoms with Gasteiger partial charge in [0.25, 0.3) is 5.56 Å². The lowest BCUT2D eigenvalue weighted by Crippen LogP contribution is -2.36. The summed E-state index contributed by atoms with van der Waals surface area (Å²) in [5, 5.41) is 1.05. The van der Waals surface area contributed by atoms with Gasteiger partial charge in [0.15, 0.2) is 0 Å². The molecular weight excluding hydrogens is 352 g/mol. The van der Waals surface area contributed by atoms with Crippen molar-refractivity contribution in [3.63, 3.8) is 0 Å². The van der Waals surface area contributed by atoms with Crippen LogP contribution in [0.2, 0.25) is 5.02 Å². The third kappa shape index (κ3) is 4.62. The first kappa shape index (κ1) is 20.4. The number of carbonyl (C=O) groups is 1. The molecule has 0 radical (unpaired) electrons. The minimum absolute atomic E-state index is 0.0308. The molecule has 1 amide bonds. The van der Waals surface area contributed by atoms with Gasteiger partial charge in [-0.25, -0.2) is 4.98 Å². The number of benzene rings is 1. The van der Waals surface area contributed by atoms with Crippen LogP contribution in [-0.4, -0.2) is 33.4 Å². The number of halogens is 1. The Balaban J connectivity index is 2.30. The zero-order valence-corrected chi connectivity index (χ0v) is 16.4. The Kier molecular flexibility index (Phi) is 7.17. The van der Waals surface area contributed by atoms with E-state index in [0.717, 1.165) is 25.7 Å². The topological polar surface area (TPSA) is 81.2 Å². The Hall–Kier alpha value is -1.92. The fourth-order valence-corrected chi connectivity index (χ4v) is 3.34. The number of fused-ring (bicyclic) bond motifs is 1. The number of rotatable bonds is 8. The first-order chi connectivity index (χ1) is 12.4. The maximum atomic E-state index is 12.7. The summed E-state index contributed by atoms with van der Waals surface area (Å²) in [5.74, 6) is 0.527. The number of hydrogen-bond donors (Lipinski definition) is 1. The second-order valence-electron chi connectivity index (χ2n) is 6.59. The highest BCUT2D eigenvalue weighted by Crippen LogP contribution is 2.22. The van der Waals surface area contributed by atoms with Gasteiger partial charge in [0.2, 0.25) is 5.91 Å². The summed E-state index contributed by atoms with van der Waals surface area (Å²) in [6.07, 6.45) is 3.98. The lowest BCUT2D eigenvalue weighted by atomic mass is 10.1. The quantitative estimate of drug-likeness (QED) is 0.716. The fourth-order valence-electron chi connectivity index (χ4n) is 3.18. The van der Waals surface area contributed by atoms with Crippen LogP contribution in [0.4, 0.5) is 0 Å². The van der Waals surface area contributed by atoms with Gasteiger partial charge in [0, 0.05) is 25.5 Å². The number of aromatic nitrogens is 2. The number of carbonyl (C=O) groups excluding carboxylic acids is 1. The molecule has 6 nitrogen and oxygen atoms in total. The Labute approximate surface area is 159 Å². The standard InChI is InChI=1S/C19H27ClN4O2/c1-13(24(14(2)25)11-7-5-4-6-10-21)18-22-17-12-15(20)8-9-16(17)19(26)23(18)3/h8-9,12-13H,4-7,10-11,21H2,1-3H3/t13-/m1/s1. The van der Waals surface area contributed by atoms with Crippen LogP contribution in [0.15, 0.2) is 23.0 Å². The summed E-state index contributed by atoms with van der Waals surface area (Å²) < 4.78 is 1.52. The van der Waals surface area contributed by atoms with Gasteiger partial charge in [0.1, 0.15) is 5.82 Å². The van der Waals surface area contributed by atoms with E-state index in [-0.39, 0.29) is 17.5 Å². The monoisotopic (exact) mass is 378 g/mol. The van der Waals surface area contributed by atoms with Gasteiger partial charge in [-0.1, -0.05) is 24.4 Å². The van der Waals surface area contributed by atoms with E-state index in [2.05, 4.69) is 4.98 Å². The molecule has 0 saturated heterocycles. The molecule has 1 atom stereocenters. The maximum absolute atomic E-state index is 12.7. The summed E-state index contributed by atoms with van der Waals surface area (Å²) >= 11 is 6.04. The molecule has 7 heteroatoms. The van der Waals surface area contributed by atoms with Crippen LogP contribution in [0, 0.1) is 0 Å². The molecule has 2 aromatic rings. The molecule has 26 heavy (non-hydrogen) atoms. The van der Waals surface area contributed by atoms with Gasteiger partial charge in [-0.15, -0.1) is 0 Å². The van der Waals surface area contributed by atoms with Crippen LogP contribution in [0.25, 0.3) is 10.9 Å². The van der Waals surface area contributed by atoms with Crippen molar-refractivity contribution in [2.24, 2.45) is 12.8 Å². The summed E-state index contributed by atoms with van der Waals surface area (Å²) in [6.45, 7) is 4.77. The maximum Gasteiger partial charge on any atom is 0.261 e. The van der Waals surface area contributed by atoms with E-state index >= 15 is 0 Å². The predicted molar refractivity (Wildman–Crippen MR) is 105 cm³/mol. The van der Waals surface area contributed by atoms with Gasteiger partial charge in [0.05, 0.1) is 16.9 Å². The largest absolute Gasteiger partial charge is 0.333 e. The second-order valence-corrected chi connectivity index (χ2v) is 7.02. The number of nitrogens with two attached hydrogens (primary N) is 1. The van der Waals surface area contributed by atoms with E-state index in [1.54, 1.807) is 37.1 Å². The zero-order valence-electron chi connectivity index (χ0n) is 15.7. The van der Waals surface area contributed by atoms with E-state index in [0.29, 0.717) is 34.8 Å². The normalized spacial score (nSPS) is 12.3. The van der Waals surface area contributed by atoms with E-state index in [4.69, 9.17) is 17.3 Å². The minimum atomic E-state index is -0.303. The highest BCUT2D eigenvalue weighted by molar-refractivity contribution is 6.31. The van der Waals surface area contributed by atoms with Crippen molar-refractivity contribution in [2.45, 2.75) is 45.6 Å². The molecule has 142 valence electrons. The van der Waals surface area contributed by atoms with Crippen molar-refractivity contribution in [1.29, 1.82) is 0 Å². The molecule has 1 heterocycles. The van der Waals surface area contributed by atoms with Crippen LogP contribution in [0.5, 0.6) is 0 Å². The molecule has 0 aliphatic heterocycles. The average Bonchev–Trinajstić information content (AvgIpc) is 2.60. The van der Waals surface area contributed by atoms with Crippen LogP contribution >= 0.6 is 11.6 Å². The van der Waals surface area contributed by atoms with E-state index in [9.17, 15) is 9.59 Å².